The molecule has 21 heavy (non-hydrogen) atoms. The fourth-order valence-corrected chi connectivity index (χ4v) is 3.52. The van der Waals surface area contributed by atoms with Gasteiger partial charge in [0, 0.05) is 35.8 Å². The summed E-state index contributed by atoms with van der Waals surface area (Å²) in [4.78, 5) is 2.45. The highest BCUT2D eigenvalue weighted by atomic mass is 79.9. The zero-order valence-corrected chi connectivity index (χ0v) is 15.5. The van der Waals surface area contributed by atoms with Crippen molar-refractivity contribution in [1.82, 2.24) is 5.32 Å². The predicted octanol–water partition coefficient (Wildman–Crippen LogP) is 4.96. The van der Waals surface area contributed by atoms with Gasteiger partial charge in [-0.05, 0) is 63.3 Å². The topological polar surface area (TPSA) is 15.3 Å². The van der Waals surface area contributed by atoms with Crippen molar-refractivity contribution in [2.75, 3.05) is 18.5 Å². The van der Waals surface area contributed by atoms with Gasteiger partial charge in [-0.15, -0.1) is 0 Å². The molecule has 1 aliphatic rings. The van der Waals surface area contributed by atoms with Crippen molar-refractivity contribution in [3.8, 4) is 0 Å². The molecule has 0 aromatic heterocycles. The Morgan fingerprint density at radius 2 is 1.90 bits per heavy atom. The molecule has 2 rings (SSSR count). The monoisotopic (exact) mass is 352 g/mol. The first kappa shape index (κ1) is 16.8. The van der Waals surface area contributed by atoms with Gasteiger partial charge in [0.2, 0.25) is 0 Å². The summed E-state index contributed by atoms with van der Waals surface area (Å²) >= 11 is 3.61. The smallest absolute Gasteiger partial charge is 0.0410 e. The Kier molecular flexibility index (Phi) is 5.73. The van der Waals surface area contributed by atoms with Crippen molar-refractivity contribution in [3.05, 3.63) is 28.2 Å². The summed E-state index contributed by atoms with van der Waals surface area (Å²) in [6.45, 7) is 8.74. The van der Waals surface area contributed by atoms with Crippen LogP contribution >= 0.6 is 15.9 Å². The van der Waals surface area contributed by atoms with E-state index in [1.54, 1.807) is 0 Å². The average Bonchev–Trinajstić information content (AvgIpc) is 2.88. The van der Waals surface area contributed by atoms with Gasteiger partial charge in [-0.25, -0.2) is 0 Å². The van der Waals surface area contributed by atoms with Crippen molar-refractivity contribution < 1.29 is 0 Å². The van der Waals surface area contributed by atoms with E-state index in [2.05, 4.69) is 72.2 Å². The van der Waals surface area contributed by atoms with Crippen LogP contribution in [0.15, 0.2) is 22.7 Å². The normalized spacial score (nSPS) is 16.4. The third-order valence-electron chi connectivity index (χ3n) is 4.27. The summed E-state index contributed by atoms with van der Waals surface area (Å²) in [6, 6.07) is 6.65. The first-order chi connectivity index (χ1) is 9.85. The molecule has 0 aliphatic heterocycles. The van der Waals surface area contributed by atoms with Crippen molar-refractivity contribution in [3.63, 3.8) is 0 Å². The molecule has 118 valence electrons. The largest absolute Gasteiger partial charge is 0.374 e. The number of rotatable bonds is 5. The van der Waals surface area contributed by atoms with Gasteiger partial charge in [-0.3, -0.25) is 0 Å². The van der Waals surface area contributed by atoms with Gasteiger partial charge >= 0.3 is 0 Å². The highest BCUT2D eigenvalue weighted by molar-refractivity contribution is 9.10. The molecule has 1 fully saturated rings. The molecule has 0 atom stereocenters. The van der Waals surface area contributed by atoms with Crippen molar-refractivity contribution in [2.24, 2.45) is 5.92 Å². The van der Waals surface area contributed by atoms with Crippen LogP contribution in [0.4, 0.5) is 5.69 Å². The highest BCUT2D eigenvalue weighted by Gasteiger charge is 2.19. The average molecular weight is 353 g/mol. The van der Waals surface area contributed by atoms with Gasteiger partial charge in [0.1, 0.15) is 0 Å². The van der Waals surface area contributed by atoms with E-state index in [9.17, 15) is 0 Å². The number of hydrogen-bond donors (Lipinski definition) is 1. The van der Waals surface area contributed by atoms with Gasteiger partial charge in [-0.2, -0.15) is 0 Å². The maximum Gasteiger partial charge on any atom is 0.0410 e. The number of benzene rings is 1. The van der Waals surface area contributed by atoms with Crippen LogP contribution in [0.3, 0.4) is 0 Å². The number of nitrogens with zero attached hydrogens (tertiary/aromatic N) is 1. The lowest BCUT2D eigenvalue weighted by molar-refractivity contribution is 0.424. The Morgan fingerprint density at radius 3 is 2.52 bits per heavy atom. The van der Waals surface area contributed by atoms with E-state index in [0.29, 0.717) is 0 Å². The van der Waals surface area contributed by atoms with Crippen LogP contribution in [-0.2, 0) is 6.54 Å². The van der Waals surface area contributed by atoms with Crippen LogP contribution in [0.2, 0.25) is 0 Å². The van der Waals surface area contributed by atoms with E-state index < -0.39 is 0 Å². The summed E-state index contributed by atoms with van der Waals surface area (Å²) in [5, 5.41) is 3.61. The standard InChI is InChI=1S/C18H29BrN2/c1-18(2,3)20-12-15-11-16(19)9-10-17(15)21(4)13-14-7-5-6-8-14/h9-11,14,20H,5-8,12-13H2,1-4H3. The molecule has 3 heteroatoms. The SMILES string of the molecule is CN(CC1CCCC1)c1ccc(Br)cc1CNC(C)(C)C. The number of hydrogen-bond acceptors (Lipinski definition) is 2. The molecule has 0 unspecified atom stereocenters. The van der Waals surface area contributed by atoms with E-state index in [0.717, 1.165) is 16.9 Å². The van der Waals surface area contributed by atoms with Crippen LogP contribution in [0, 0.1) is 5.92 Å². The second-order valence-corrected chi connectivity index (χ2v) is 8.32. The van der Waals surface area contributed by atoms with Crippen LogP contribution in [0.1, 0.15) is 52.0 Å². The predicted molar refractivity (Wildman–Crippen MR) is 96.0 cm³/mol. The Bertz CT molecular complexity index is 459. The molecule has 0 radical (unpaired) electrons. The quantitative estimate of drug-likeness (QED) is 0.805. The Hall–Kier alpha value is -0.540. The molecule has 0 saturated heterocycles. The van der Waals surface area contributed by atoms with Gasteiger partial charge in [-0.1, -0.05) is 28.8 Å². The lowest BCUT2D eigenvalue weighted by atomic mass is 10.1. The van der Waals surface area contributed by atoms with Gasteiger partial charge in [0.05, 0.1) is 0 Å². The molecule has 1 N–H and O–H groups in total. The molecule has 0 heterocycles. The molecule has 2 nitrogen and oxygen atoms in total. The Morgan fingerprint density at radius 1 is 1.24 bits per heavy atom. The van der Waals surface area contributed by atoms with Crippen LogP contribution in [-0.4, -0.2) is 19.1 Å². The highest BCUT2D eigenvalue weighted by Crippen LogP contribution is 2.29. The first-order valence-electron chi connectivity index (χ1n) is 8.10. The van der Waals surface area contributed by atoms with Crippen LogP contribution in [0.25, 0.3) is 0 Å². The second kappa shape index (κ2) is 7.15. The minimum absolute atomic E-state index is 0.142. The zero-order chi connectivity index (χ0) is 15.5. The molecule has 1 saturated carbocycles. The molecule has 1 aromatic carbocycles. The zero-order valence-electron chi connectivity index (χ0n) is 13.9. The minimum atomic E-state index is 0.142. The second-order valence-electron chi connectivity index (χ2n) is 7.41. The van der Waals surface area contributed by atoms with Crippen molar-refractivity contribution in [1.29, 1.82) is 0 Å². The molecule has 1 aliphatic carbocycles. The summed E-state index contributed by atoms with van der Waals surface area (Å²) < 4.78 is 1.16. The van der Waals surface area contributed by atoms with Gasteiger partial charge < -0.3 is 10.2 Å². The van der Waals surface area contributed by atoms with Crippen molar-refractivity contribution >= 4 is 21.6 Å². The lowest BCUT2D eigenvalue weighted by Gasteiger charge is -2.27. The third-order valence-corrected chi connectivity index (χ3v) is 4.76. The lowest BCUT2D eigenvalue weighted by Crippen LogP contribution is -2.35. The van der Waals surface area contributed by atoms with Gasteiger partial charge in [0.15, 0.2) is 0 Å². The van der Waals surface area contributed by atoms with E-state index >= 15 is 0 Å². The molecule has 0 spiro atoms. The van der Waals surface area contributed by atoms with Crippen molar-refractivity contribution in [2.45, 2.75) is 58.5 Å². The maximum atomic E-state index is 3.61. The molecular formula is C18H29BrN2. The van der Waals surface area contributed by atoms with Crippen LogP contribution in [0.5, 0.6) is 0 Å². The fourth-order valence-electron chi connectivity index (χ4n) is 3.11. The third kappa shape index (κ3) is 5.30. The fraction of sp³-hybridized carbons (Fsp3) is 0.667. The molecule has 0 amide bonds. The van der Waals surface area contributed by atoms with E-state index in [1.165, 1.54) is 43.5 Å². The maximum absolute atomic E-state index is 3.61. The summed E-state index contributed by atoms with van der Waals surface area (Å²) in [5.74, 6) is 0.877. The van der Waals surface area contributed by atoms with E-state index in [4.69, 9.17) is 0 Å². The number of anilines is 1. The first-order valence-corrected chi connectivity index (χ1v) is 8.89. The Labute approximate surface area is 138 Å². The molecule has 1 aromatic rings. The summed E-state index contributed by atoms with van der Waals surface area (Å²) in [5.41, 5.74) is 2.88. The molecular weight excluding hydrogens is 324 g/mol. The number of halogens is 1. The minimum Gasteiger partial charge on any atom is -0.374 e. The van der Waals surface area contributed by atoms with Gasteiger partial charge in [0.25, 0.3) is 0 Å². The number of nitrogens with one attached hydrogen (secondary N) is 1. The Balaban J connectivity index is 2.09. The van der Waals surface area contributed by atoms with E-state index in [1.807, 2.05) is 0 Å². The summed E-state index contributed by atoms with van der Waals surface area (Å²) in [6.07, 6.45) is 5.63. The van der Waals surface area contributed by atoms with E-state index in [-0.39, 0.29) is 5.54 Å². The van der Waals surface area contributed by atoms with Crippen LogP contribution < -0.4 is 10.2 Å². The molecule has 0 bridgehead atoms. The summed E-state index contributed by atoms with van der Waals surface area (Å²) in [7, 11) is 2.24.